The number of carbonyl (C=O) groups is 1. The average Bonchev–Trinajstić information content (AvgIpc) is 2.51. The third kappa shape index (κ3) is 2.16. The van der Waals surface area contributed by atoms with Gasteiger partial charge in [0.1, 0.15) is 0 Å². The van der Waals surface area contributed by atoms with E-state index in [9.17, 15) is 13.2 Å². The fourth-order valence-corrected chi connectivity index (χ4v) is 2.88. The molecule has 1 aliphatic rings. The summed E-state index contributed by atoms with van der Waals surface area (Å²) in [6.45, 7) is 3.67. The molecular formula is C13H19N3O3S. The Hall–Kier alpha value is -1.60. The predicted octanol–water partition coefficient (Wildman–Crippen LogP) is 1.16. The largest absolute Gasteiger partial charge is 0.314 e. The zero-order valence-electron chi connectivity index (χ0n) is 12.3. The highest BCUT2D eigenvalue weighted by Crippen LogP contribution is 2.41. The Kier molecular flexibility index (Phi) is 3.30. The highest BCUT2D eigenvalue weighted by atomic mass is 32.2. The number of anilines is 2. The van der Waals surface area contributed by atoms with Gasteiger partial charge in [0.25, 0.3) is 0 Å². The topological polar surface area (TPSA) is 69.7 Å². The molecule has 0 aliphatic carbocycles. The number of fused-ring (bicyclic) bond motifs is 1. The van der Waals surface area contributed by atoms with Gasteiger partial charge < -0.3 is 4.90 Å². The maximum Gasteiger partial charge on any atom is 0.301 e. The van der Waals surface area contributed by atoms with Crippen molar-refractivity contribution in [2.75, 3.05) is 30.8 Å². The molecule has 0 saturated carbocycles. The van der Waals surface area contributed by atoms with Gasteiger partial charge in [-0.2, -0.15) is 12.7 Å². The standard InChI is InChI=1S/C13H19N3O3S/c1-13(2)10-8-9(14-20(18,19)15(3)4)6-7-11(10)16(5)12(13)17/h6-8,14H,1-5H3. The SMILES string of the molecule is CN1C(=O)C(C)(C)c2cc(NS(=O)(=O)N(C)C)ccc21. The first-order valence-corrected chi connectivity index (χ1v) is 7.64. The summed E-state index contributed by atoms with van der Waals surface area (Å²) < 4.78 is 27.2. The van der Waals surface area contributed by atoms with Crippen LogP contribution in [0.2, 0.25) is 0 Å². The van der Waals surface area contributed by atoms with Crippen molar-refractivity contribution in [2.24, 2.45) is 0 Å². The second-order valence-corrected chi connectivity index (χ2v) is 7.50. The van der Waals surface area contributed by atoms with E-state index in [-0.39, 0.29) is 5.91 Å². The molecule has 0 fully saturated rings. The summed E-state index contributed by atoms with van der Waals surface area (Å²) in [6.07, 6.45) is 0. The van der Waals surface area contributed by atoms with E-state index in [1.54, 1.807) is 30.1 Å². The van der Waals surface area contributed by atoms with Crippen molar-refractivity contribution >= 4 is 27.5 Å². The molecule has 0 saturated heterocycles. The minimum atomic E-state index is -3.55. The van der Waals surface area contributed by atoms with Crippen LogP contribution in [0.4, 0.5) is 11.4 Å². The monoisotopic (exact) mass is 297 g/mol. The number of hydrogen-bond donors (Lipinski definition) is 1. The van der Waals surface area contributed by atoms with Gasteiger partial charge in [0, 0.05) is 26.8 Å². The van der Waals surface area contributed by atoms with Crippen LogP contribution in [0.1, 0.15) is 19.4 Å². The van der Waals surface area contributed by atoms with Gasteiger partial charge in [-0.3, -0.25) is 9.52 Å². The van der Waals surface area contributed by atoms with Crippen molar-refractivity contribution in [3.05, 3.63) is 23.8 Å². The Morgan fingerprint density at radius 2 is 1.85 bits per heavy atom. The minimum Gasteiger partial charge on any atom is -0.314 e. The van der Waals surface area contributed by atoms with Crippen LogP contribution in [0.3, 0.4) is 0 Å². The van der Waals surface area contributed by atoms with Gasteiger partial charge in [-0.25, -0.2) is 0 Å². The van der Waals surface area contributed by atoms with Gasteiger partial charge in [0.2, 0.25) is 5.91 Å². The quantitative estimate of drug-likeness (QED) is 0.910. The Balaban J connectivity index is 2.45. The molecule has 1 aliphatic heterocycles. The molecule has 6 nitrogen and oxygen atoms in total. The molecule has 0 atom stereocenters. The van der Waals surface area contributed by atoms with Crippen LogP contribution in [-0.4, -0.2) is 39.8 Å². The molecule has 1 aromatic rings. The number of carbonyl (C=O) groups excluding carboxylic acids is 1. The first kappa shape index (κ1) is 14.8. The lowest BCUT2D eigenvalue weighted by atomic mass is 9.86. The predicted molar refractivity (Wildman–Crippen MR) is 79.1 cm³/mol. The third-order valence-corrected chi connectivity index (χ3v) is 5.05. The number of amides is 1. The van der Waals surface area contributed by atoms with E-state index in [4.69, 9.17) is 0 Å². The summed E-state index contributed by atoms with van der Waals surface area (Å²) in [5, 5.41) is 0. The number of hydrogen-bond acceptors (Lipinski definition) is 3. The highest BCUT2D eigenvalue weighted by molar-refractivity contribution is 7.90. The Labute approximate surface area is 119 Å². The maximum absolute atomic E-state index is 12.2. The fraction of sp³-hybridized carbons (Fsp3) is 0.462. The van der Waals surface area contributed by atoms with E-state index in [1.807, 2.05) is 13.8 Å². The van der Waals surface area contributed by atoms with Crippen LogP contribution < -0.4 is 9.62 Å². The molecule has 1 amide bonds. The van der Waals surface area contributed by atoms with Crippen LogP contribution in [-0.2, 0) is 20.4 Å². The van der Waals surface area contributed by atoms with Crippen molar-refractivity contribution in [3.63, 3.8) is 0 Å². The summed E-state index contributed by atoms with van der Waals surface area (Å²) in [6, 6.07) is 5.14. The molecule has 7 heteroatoms. The van der Waals surface area contributed by atoms with Gasteiger partial charge in [0.05, 0.1) is 11.1 Å². The van der Waals surface area contributed by atoms with Crippen molar-refractivity contribution in [3.8, 4) is 0 Å². The van der Waals surface area contributed by atoms with Gasteiger partial charge in [-0.15, -0.1) is 0 Å². The summed E-state index contributed by atoms with van der Waals surface area (Å²) in [5.41, 5.74) is 1.44. The van der Waals surface area contributed by atoms with Crippen LogP contribution in [0.15, 0.2) is 18.2 Å². The molecular weight excluding hydrogens is 278 g/mol. The second-order valence-electron chi connectivity index (χ2n) is 5.61. The zero-order valence-corrected chi connectivity index (χ0v) is 13.1. The molecule has 1 N–H and O–H groups in total. The van der Waals surface area contributed by atoms with Gasteiger partial charge >= 0.3 is 10.2 Å². The van der Waals surface area contributed by atoms with Crippen molar-refractivity contribution in [1.29, 1.82) is 0 Å². The number of rotatable bonds is 3. The molecule has 20 heavy (non-hydrogen) atoms. The highest BCUT2D eigenvalue weighted by Gasteiger charge is 2.42. The maximum atomic E-state index is 12.2. The van der Waals surface area contributed by atoms with Crippen LogP contribution in [0.5, 0.6) is 0 Å². The van der Waals surface area contributed by atoms with E-state index in [0.29, 0.717) is 5.69 Å². The molecule has 110 valence electrons. The molecule has 0 unspecified atom stereocenters. The summed E-state index contributed by atoms with van der Waals surface area (Å²) in [5.74, 6) is 0.000108. The van der Waals surface area contributed by atoms with E-state index >= 15 is 0 Å². The van der Waals surface area contributed by atoms with E-state index in [0.717, 1.165) is 15.6 Å². The molecule has 1 heterocycles. The van der Waals surface area contributed by atoms with Gasteiger partial charge in [-0.05, 0) is 37.6 Å². The Bertz CT molecular complexity index is 665. The van der Waals surface area contributed by atoms with Gasteiger partial charge in [0.15, 0.2) is 0 Å². The van der Waals surface area contributed by atoms with E-state index < -0.39 is 15.6 Å². The Morgan fingerprint density at radius 1 is 1.25 bits per heavy atom. The molecule has 0 bridgehead atoms. The first-order chi connectivity index (χ1) is 9.07. The van der Waals surface area contributed by atoms with Crippen LogP contribution in [0.25, 0.3) is 0 Å². The first-order valence-electron chi connectivity index (χ1n) is 6.20. The number of likely N-dealkylation sites (N-methyl/N-ethyl adjacent to an activating group) is 1. The molecule has 0 aromatic heterocycles. The second kappa shape index (κ2) is 4.46. The summed E-state index contributed by atoms with van der Waals surface area (Å²) in [4.78, 5) is 13.8. The number of nitrogens with zero attached hydrogens (tertiary/aromatic N) is 2. The summed E-state index contributed by atoms with van der Waals surface area (Å²) >= 11 is 0. The zero-order chi connectivity index (χ0) is 15.3. The lowest BCUT2D eigenvalue weighted by Gasteiger charge is -2.17. The van der Waals surface area contributed by atoms with E-state index in [2.05, 4.69) is 4.72 Å². The van der Waals surface area contributed by atoms with Crippen LogP contribution >= 0.6 is 0 Å². The summed E-state index contributed by atoms with van der Waals surface area (Å²) in [7, 11) is 1.08. The normalized spacial score (nSPS) is 17.5. The molecule has 0 spiro atoms. The van der Waals surface area contributed by atoms with Crippen molar-refractivity contribution in [2.45, 2.75) is 19.3 Å². The lowest BCUT2D eigenvalue weighted by Crippen LogP contribution is -2.33. The Morgan fingerprint density at radius 3 is 2.40 bits per heavy atom. The molecule has 1 aromatic carbocycles. The fourth-order valence-electron chi connectivity index (χ4n) is 2.28. The smallest absolute Gasteiger partial charge is 0.301 e. The lowest BCUT2D eigenvalue weighted by molar-refractivity contribution is -0.121. The number of benzene rings is 1. The third-order valence-electron chi connectivity index (χ3n) is 3.60. The van der Waals surface area contributed by atoms with Crippen LogP contribution in [0, 0.1) is 0 Å². The molecule has 2 rings (SSSR count). The van der Waals surface area contributed by atoms with E-state index in [1.165, 1.54) is 14.1 Å². The van der Waals surface area contributed by atoms with Crippen molar-refractivity contribution < 1.29 is 13.2 Å². The minimum absolute atomic E-state index is 0.000108. The van der Waals surface area contributed by atoms with Crippen molar-refractivity contribution in [1.82, 2.24) is 4.31 Å². The van der Waals surface area contributed by atoms with Gasteiger partial charge in [-0.1, -0.05) is 0 Å². The number of nitrogens with one attached hydrogen (secondary N) is 1. The average molecular weight is 297 g/mol. The molecule has 0 radical (unpaired) electrons.